The van der Waals surface area contributed by atoms with Crippen LogP contribution in [-0.4, -0.2) is 0 Å². The summed E-state index contributed by atoms with van der Waals surface area (Å²) >= 11 is 0. The van der Waals surface area contributed by atoms with Crippen molar-refractivity contribution >= 4 is 71.7 Å². The van der Waals surface area contributed by atoms with Gasteiger partial charge in [0.25, 0.3) is 0 Å². The second-order valence-corrected chi connectivity index (χ2v) is 14.1. The first-order valence-corrected chi connectivity index (χ1v) is 18.7. The van der Waals surface area contributed by atoms with E-state index in [2.05, 4.69) is 181 Å². The third kappa shape index (κ3) is 5.28. The Hall–Kier alpha value is -7.36. The van der Waals surface area contributed by atoms with Crippen LogP contribution >= 0.6 is 0 Å². The summed E-state index contributed by atoms with van der Waals surface area (Å²) in [5.74, 6) is 0. The first-order chi connectivity index (χ1) is 27.2. The molecule has 0 amide bonds. The summed E-state index contributed by atoms with van der Waals surface area (Å²) in [7, 11) is 0. The number of benzene rings is 9. The highest BCUT2D eigenvalue weighted by Gasteiger charge is 2.20. The molecule has 0 fully saturated rings. The monoisotopic (exact) mass is 703 g/mol. The number of hydrogen-bond acceptors (Lipinski definition) is 3. The maximum absolute atomic E-state index is 6.59. The van der Waals surface area contributed by atoms with Gasteiger partial charge in [0.1, 0.15) is 16.7 Å². The molecule has 0 radical (unpaired) electrons. The van der Waals surface area contributed by atoms with E-state index in [4.69, 9.17) is 8.83 Å². The Kier molecular flexibility index (Phi) is 7.17. The lowest BCUT2D eigenvalue weighted by Gasteiger charge is -2.26. The van der Waals surface area contributed by atoms with Crippen LogP contribution in [0.5, 0.6) is 0 Å². The van der Waals surface area contributed by atoms with E-state index in [9.17, 15) is 0 Å². The molecule has 0 aliphatic carbocycles. The second kappa shape index (κ2) is 12.6. The number of rotatable bonds is 6. The van der Waals surface area contributed by atoms with Crippen LogP contribution in [0.2, 0.25) is 0 Å². The molecule has 3 nitrogen and oxygen atoms in total. The smallest absolute Gasteiger partial charge is 0.159 e. The molecular formula is C52H33NO2. The van der Waals surface area contributed by atoms with Gasteiger partial charge in [-0.25, -0.2) is 0 Å². The standard InChI is InChI=1S/C52H33NO2/c1-2-14-42-36(10-1)11-8-17-43(42)39-13-7-12-37(32-39)34-22-27-40(28-23-34)53(48-19-9-18-47-45-16-4-6-21-50(45)55-52(47)48)41-29-24-35(25-30-41)38-26-31-46-44-15-3-5-20-49(44)54-51(46)33-38/h1-33H. The van der Waals surface area contributed by atoms with Gasteiger partial charge in [0, 0.05) is 32.9 Å². The number of para-hydroxylation sites is 3. The van der Waals surface area contributed by atoms with E-state index in [1.807, 2.05) is 24.3 Å². The molecule has 0 saturated heterocycles. The SMILES string of the molecule is c1cc(-c2ccc(N(c3ccc(-c4ccc5c(c4)oc4ccccc45)cc3)c3cccc4c3oc3ccccc34)cc2)cc(-c2cccc3ccccc23)c1. The van der Waals surface area contributed by atoms with Gasteiger partial charge >= 0.3 is 0 Å². The fourth-order valence-corrected chi connectivity index (χ4v) is 8.19. The van der Waals surface area contributed by atoms with Gasteiger partial charge < -0.3 is 13.7 Å². The number of hydrogen-bond donors (Lipinski definition) is 0. The minimum Gasteiger partial charge on any atom is -0.456 e. The van der Waals surface area contributed by atoms with Crippen LogP contribution in [0, 0.1) is 0 Å². The van der Waals surface area contributed by atoms with Crippen LogP contribution in [0.4, 0.5) is 17.1 Å². The van der Waals surface area contributed by atoms with Crippen LogP contribution in [0.1, 0.15) is 0 Å². The van der Waals surface area contributed by atoms with Crippen LogP contribution < -0.4 is 4.90 Å². The highest BCUT2D eigenvalue weighted by atomic mass is 16.3. The summed E-state index contributed by atoms with van der Waals surface area (Å²) in [6, 6.07) is 71.0. The van der Waals surface area contributed by atoms with Crippen molar-refractivity contribution in [2.75, 3.05) is 4.90 Å². The topological polar surface area (TPSA) is 29.5 Å². The molecule has 0 N–H and O–H groups in total. The molecule has 0 aliphatic heterocycles. The van der Waals surface area contributed by atoms with E-state index < -0.39 is 0 Å². The Balaban J connectivity index is 0.999. The average molecular weight is 704 g/mol. The van der Waals surface area contributed by atoms with Crippen molar-refractivity contribution in [3.63, 3.8) is 0 Å². The molecule has 2 heterocycles. The summed E-state index contributed by atoms with van der Waals surface area (Å²) in [6.45, 7) is 0. The average Bonchev–Trinajstić information content (AvgIpc) is 3.83. The summed E-state index contributed by atoms with van der Waals surface area (Å²) in [6.07, 6.45) is 0. The second-order valence-electron chi connectivity index (χ2n) is 14.1. The zero-order valence-corrected chi connectivity index (χ0v) is 29.8. The molecule has 9 aromatic carbocycles. The first kappa shape index (κ1) is 31.2. The quantitative estimate of drug-likeness (QED) is 0.173. The van der Waals surface area contributed by atoms with E-state index in [-0.39, 0.29) is 0 Å². The van der Waals surface area contributed by atoms with Crippen molar-refractivity contribution in [2.45, 2.75) is 0 Å². The molecule has 0 atom stereocenters. The highest BCUT2D eigenvalue weighted by Crippen LogP contribution is 2.43. The van der Waals surface area contributed by atoms with Gasteiger partial charge in [-0.2, -0.15) is 0 Å². The molecule has 2 aromatic heterocycles. The van der Waals surface area contributed by atoms with E-state index in [1.165, 1.54) is 27.5 Å². The molecular weight excluding hydrogens is 671 g/mol. The summed E-state index contributed by atoms with van der Waals surface area (Å²) < 4.78 is 12.8. The predicted molar refractivity (Wildman–Crippen MR) is 229 cm³/mol. The Bertz CT molecular complexity index is 3200. The molecule has 0 aliphatic rings. The maximum atomic E-state index is 6.59. The van der Waals surface area contributed by atoms with E-state index in [0.717, 1.165) is 77.6 Å². The molecule has 3 heteroatoms. The van der Waals surface area contributed by atoms with Gasteiger partial charge in [-0.15, -0.1) is 0 Å². The molecule has 0 bridgehead atoms. The van der Waals surface area contributed by atoms with Gasteiger partial charge in [0.15, 0.2) is 5.58 Å². The predicted octanol–water partition coefficient (Wildman–Crippen LogP) is 15.1. The van der Waals surface area contributed by atoms with Gasteiger partial charge in [-0.05, 0) is 105 Å². The Labute approximate surface area is 317 Å². The molecule has 11 aromatic rings. The van der Waals surface area contributed by atoms with E-state index >= 15 is 0 Å². The molecule has 258 valence electrons. The van der Waals surface area contributed by atoms with Gasteiger partial charge in [0.05, 0.1) is 5.69 Å². The summed E-state index contributed by atoms with van der Waals surface area (Å²) in [5.41, 5.74) is 13.6. The fourth-order valence-electron chi connectivity index (χ4n) is 8.19. The number of fused-ring (bicyclic) bond motifs is 7. The summed E-state index contributed by atoms with van der Waals surface area (Å²) in [5, 5.41) is 6.97. The van der Waals surface area contributed by atoms with Crippen molar-refractivity contribution in [2.24, 2.45) is 0 Å². The van der Waals surface area contributed by atoms with Crippen LogP contribution in [0.15, 0.2) is 209 Å². The van der Waals surface area contributed by atoms with Crippen molar-refractivity contribution < 1.29 is 8.83 Å². The maximum Gasteiger partial charge on any atom is 0.159 e. The lowest BCUT2D eigenvalue weighted by molar-refractivity contribution is 0.668. The van der Waals surface area contributed by atoms with Gasteiger partial charge in [-0.3, -0.25) is 0 Å². The number of furan rings is 2. The zero-order valence-electron chi connectivity index (χ0n) is 29.8. The third-order valence-electron chi connectivity index (χ3n) is 10.9. The third-order valence-corrected chi connectivity index (χ3v) is 10.9. The lowest BCUT2D eigenvalue weighted by atomic mass is 9.95. The van der Waals surface area contributed by atoms with Crippen LogP contribution in [0.3, 0.4) is 0 Å². The lowest BCUT2D eigenvalue weighted by Crippen LogP contribution is -2.10. The molecule has 0 saturated carbocycles. The largest absolute Gasteiger partial charge is 0.456 e. The van der Waals surface area contributed by atoms with Gasteiger partial charge in [-0.1, -0.05) is 140 Å². The van der Waals surface area contributed by atoms with E-state index in [1.54, 1.807) is 0 Å². The first-order valence-electron chi connectivity index (χ1n) is 18.7. The Morgan fingerprint density at radius 1 is 0.309 bits per heavy atom. The molecule has 55 heavy (non-hydrogen) atoms. The van der Waals surface area contributed by atoms with Crippen molar-refractivity contribution in [3.8, 4) is 33.4 Å². The molecule has 0 spiro atoms. The van der Waals surface area contributed by atoms with E-state index in [0.29, 0.717) is 0 Å². The van der Waals surface area contributed by atoms with Crippen LogP contribution in [0.25, 0.3) is 88.0 Å². The van der Waals surface area contributed by atoms with Crippen molar-refractivity contribution in [1.82, 2.24) is 0 Å². The van der Waals surface area contributed by atoms with Gasteiger partial charge in [0.2, 0.25) is 0 Å². The number of nitrogens with zero attached hydrogens (tertiary/aromatic N) is 1. The highest BCUT2D eigenvalue weighted by molar-refractivity contribution is 6.10. The minimum absolute atomic E-state index is 0.856. The fraction of sp³-hybridized carbons (Fsp3) is 0. The molecule has 0 unspecified atom stereocenters. The van der Waals surface area contributed by atoms with Crippen molar-refractivity contribution in [3.05, 3.63) is 200 Å². The Morgan fingerprint density at radius 2 is 0.836 bits per heavy atom. The Morgan fingerprint density at radius 3 is 1.60 bits per heavy atom. The molecule has 11 rings (SSSR count). The van der Waals surface area contributed by atoms with Crippen LogP contribution in [-0.2, 0) is 0 Å². The zero-order chi connectivity index (χ0) is 36.3. The number of anilines is 3. The van der Waals surface area contributed by atoms with Crippen molar-refractivity contribution in [1.29, 1.82) is 0 Å². The summed E-state index contributed by atoms with van der Waals surface area (Å²) in [4.78, 5) is 2.30. The minimum atomic E-state index is 0.856. The normalized spacial score (nSPS) is 11.6.